The lowest BCUT2D eigenvalue weighted by Gasteiger charge is -2.32. The molecule has 0 radical (unpaired) electrons. The number of nitrogens with two attached hydrogens (primary N) is 1. The van der Waals surface area contributed by atoms with Crippen LogP contribution in [0.3, 0.4) is 0 Å². The zero-order valence-corrected chi connectivity index (χ0v) is 12.3. The number of hydrogen-bond donors (Lipinski definition) is 2. The summed E-state index contributed by atoms with van der Waals surface area (Å²) in [5.74, 6) is -1.47. The van der Waals surface area contributed by atoms with Gasteiger partial charge in [-0.2, -0.15) is 0 Å². The molecule has 2 unspecified atom stereocenters. The van der Waals surface area contributed by atoms with Crippen molar-refractivity contribution in [2.24, 2.45) is 11.1 Å². The largest absolute Gasteiger partial charge is 0.480 e. The van der Waals surface area contributed by atoms with E-state index in [0.29, 0.717) is 10.7 Å². The zero-order chi connectivity index (χ0) is 15.6. The second-order valence-corrected chi connectivity index (χ2v) is 5.74. The third kappa shape index (κ3) is 3.18. The fourth-order valence-corrected chi connectivity index (χ4v) is 2.38. The summed E-state index contributed by atoms with van der Waals surface area (Å²) < 4.78 is 5.26. The number of benzene rings is 1. The number of hydrogen-bond acceptors (Lipinski definition) is 4. The Morgan fingerprint density at radius 1 is 1.48 bits per heavy atom. The molecule has 3 N–H and O–H groups in total. The van der Waals surface area contributed by atoms with Gasteiger partial charge in [0.1, 0.15) is 6.54 Å². The average Bonchev–Trinajstić information content (AvgIpc) is 2.77. The Kier molecular flexibility index (Phi) is 4.51. The number of halogens is 1. The molecule has 1 heterocycles. The van der Waals surface area contributed by atoms with E-state index in [1.54, 1.807) is 31.2 Å². The molecule has 0 bridgehead atoms. The molecule has 6 nitrogen and oxygen atoms in total. The summed E-state index contributed by atoms with van der Waals surface area (Å²) in [4.78, 5) is 25.0. The molecule has 1 aromatic rings. The molecule has 0 saturated carbocycles. The number of ether oxygens (including phenoxy) is 1. The lowest BCUT2D eigenvalue weighted by Crippen LogP contribution is -2.52. The highest BCUT2D eigenvalue weighted by molar-refractivity contribution is 6.30. The quantitative estimate of drug-likeness (QED) is 0.869. The molecule has 114 valence electrons. The Morgan fingerprint density at radius 3 is 2.57 bits per heavy atom. The molecule has 0 aromatic heterocycles. The molecule has 0 aliphatic carbocycles. The van der Waals surface area contributed by atoms with E-state index in [9.17, 15) is 9.59 Å². The van der Waals surface area contributed by atoms with Gasteiger partial charge in [0.25, 0.3) is 0 Å². The van der Waals surface area contributed by atoms with Crippen LogP contribution in [0.4, 0.5) is 5.69 Å². The number of anilines is 1. The van der Waals surface area contributed by atoms with Crippen LogP contribution in [0.25, 0.3) is 0 Å². The summed E-state index contributed by atoms with van der Waals surface area (Å²) in [5.41, 5.74) is 5.47. The van der Waals surface area contributed by atoms with Gasteiger partial charge in [-0.25, -0.2) is 0 Å². The Balaban J connectivity index is 2.33. The van der Waals surface area contributed by atoms with Crippen LogP contribution in [0.1, 0.15) is 6.92 Å². The maximum Gasteiger partial charge on any atom is 0.323 e. The van der Waals surface area contributed by atoms with Crippen LogP contribution in [0.15, 0.2) is 24.3 Å². The van der Waals surface area contributed by atoms with E-state index in [4.69, 9.17) is 27.2 Å². The molecule has 1 amide bonds. The van der Waals surface area contributed by atoms with Crippen molar-refractivity contribution in [3.8, 4) is 0 Å². The van der Waals surface area contributed by atoms with Crippen molar-refractivity contribution in [3.63, 3.8) is 0 Å². The molecule has 2 rings (SSSR count). The predicted octanol–water partition coefficient (Wildman–Crippen LogP) is 1.12. The smallest absolute Gasteiger partial charge is 0.323 e. The van der Waals surface area contributed by atoms with E-state index < -0.39 is 24.0 Å². The number of carboxylic acid groups (broad SMARTS) is 1. The van der Waals surface area contributed by atoms with Gasteiger partial charge in [-0.1, -0.05) is 11.6 Å². The van der Waals surface area contributed by atoms with Crippen LogP contribution < -0.4 is 10.6 Å². The molecule has 1 aliphatic heterocycles. The third-order valence-corrected chi connectivity index (χ3v) is 3.94. The van der Waals surface area contributed by atoms with Gasteiger partial charge >= 0.3 is 5.97 Å². The van der Waals surface area contributed by atoms with E-state index in [1.165, 1.54) is 4.90 Å². The molecular weight excluding hydrogens is 296 g/mol. The van der Waals surface area contributed by atoms with Gasteiger partial charge in [0.15, 0.2) is 0 Å². The van der Waals surface area contributed by atoms with Crippen molar-refractivity contribution in [2.75, 3.05) is 24.7 Å². The summed E-state index contributed by atoms with van der Waals surface area (Å²) in [5, 5.41) is 9.57. The Morgan fingerprint density at radius 2 is 2.10 bits per heavy atom. The number of carbonyl (C=O) groups is 2. The average molecular weight is 313 g/mol. The van der Waals surface area contributed by atoms with Crippen molar-refractivity contribution < 1.29 is 19.4 Å². The number of rotatable bonds is 4. The zero-order valence-electron chi connectivity index (χ0n) is 11.6. The monoisotopic (exact) mass is 312 g/mol. The molecule has 21 heavy (non-hydrogen) atoms. The van der Waals surface area contributed by atoms with Crippen LogP contribution in [-0.2, 0) is 14.3 Å². The summed E-state index contributed by atoms with van der Waals surface area (Å²) in [7, 11) is 0. The standard InChI is InChI=1S/C14H17ClN2O4/c1-14(8-21-7-11(14)16)13(20)17(6-12(18)19)10-4-2-9(15)3-5-10/h2-5,11H,6-8,16H2,1H3,(H,18,19). The van der Waals surface area contributed by atoms with Crippen molar-refractivity contribution in [1.82, 2.24) is 0 Å². The fraction of sp³-hybridized carbons (Fsp3) is 0.429. The molecular formula is C14H17ClN2O4. The second kappa shape index (κ2) is 6.01. The minimum absolute atomic E-state index is 0.177. The van der Waals surface area contributed by atoms with Gasteiger partial charge in [-0.05, 0) is 31.2 Å². The van der Waals surface area contributed by atoms with Crippen molar-refractivity contribution in [3.05, 3.63) is 29.3 Å². The number of nitrogens with zero attached hydrogens (tertiary/aromatic N) is 1. The van der Waals surface area contributed by atoms with Crippen LogP contribution in [0, 0.1) is 5.41 Å². The van der Waals surface area contributed by atoms with Gasteiger partial charge in [-0.3, -0.25) is 9.59 Å². The first kappa shape index (κ1) is 15.8. The molecule has 0 spiro atoms. The first-order valence-corrected chi connectivity index (χ1v) is 6.85. The number of carbonyl (C=O) groups excluding carboxylic acids is 1. The van der Waals surface area contributed by atoms with Crippen molar-refractivity contribution >= 4 is 29.2 Å². The fourth-order valence-electron chi connectivity index (χ4n) is 2.25. The normalized spacial score (nSPS) is 24.8. The Bertz CT molecular complexity index is 548. The minimum atomic E-state index is -1.10. The third-order valence-electron chi connectivity index (χ3n) is 3.68. The molecule has 2 atom stereocenters. The topological polar surface area (TPSA) is 92.9 Å². The molecule has 1 aromatic carbocycles. The predicted molar refractivity (Wildman–Crippen MR) is 78.3 cm³/mol. The van der Waals surface area contributed by atoms with Gasteiger partial charge in [0, 0.05) is 16.8 Å². The highest BCUT2D eigenvalue weighted by Gasteiger charge is 2.47. The Hall–Kier alpha value is -1.63. The van der Waals surface area contributed by atoms with Gasteiger partial charge in [0.2, 0.25) is 5.91 Å². The van der Waals surface area contributed by atoms with E-state index in [0.717, 1.165) is 0 Å². The van der Waals surface area contributed by atoms with Crippen LogP contribution in [0.5, 0.6) is 0 Å². The second-order valence-electron chi connectivity index (χ2n) is 5.30. The highest BCUT2D eigenvalue weighted by atomic mass is 35.5. The number of amides is 1. The minimum Gasteiger partial charge on any atom is -0.480 e. The lowest BCUT2D eigenvalue weighted by atomic mass is 9.84. The van der Waals surface area contributed by atoms with Crippen LogP contribution >= 0.6 is 11.6 Å². The van der Waals surface area contributed by atoms with Crippen molar-refractivity contribution in [1.29, 1.82) is 0 Å². The molecule has 1 aliphatic rings. The maximum absolute atomic E-state index is 12.8. The van der Waals surface area contributed by atoms with Crippen LogP contribution in [-0.4, -0.2) is 42.8 Å². The van der Waals surface area contributed by atoms with Crippen molar-refractivity contribution in [2.45, 2.75) is 13.0 Å². The number of carboxylic acids is 1. The van der Waals surface area contributed by atoms with Gasteiger partial charge in [-0.15, -0.1) is 0 Å². The van der Waals surface area contributed by atoms with Gasteiger partial charge < -0.3 is 20.5 Å². The summed E-state index contributed by atoms with van der Waals surface area (Å²) >= 11 is 5.82. The summed E-state index contributed by atoms with van der Waals surface area (Å²) in [6, 6.07) is 5.95. The van der Waals surface area contributed by atoms with E-state index in [1.807, 2.05) is 0 Å². The van der Waals surface area contributed by atoms with E-state index >= 15 is 0 Å². The molecule has 1 saturated heterocycles. The SMILES string of the molecule is CC1(C(=O)N(CC(=O)O)c2ccc(Cl)cc2)COCC1N. The first-order valence-electron chi connectivity index (χ1n) is 6.47. The van der Waals surface area contributed by atoms with E-state index in [-0.39, 0.29) is 19.1 Å². The Labute approximate surface area is 127 Å². The maximum atomic E-state index is 12.8. The molecule has 7 heteroatoms. The van der Waals surface area contributed by atoms with E-state index in [2.05, 4.69) is 0 Å². The highest BCUT2D eigenvalue weighted by Crippen LogP contribution is 2.31. The molecule has 1 fully saturated rings. The lowest BCUT2D eigenvalue weighted by molar-refractivity contribution is -0.138. The number of aliphatic carboxylic acids is 1. The van der Waals surface area contributed by atoms with Gasteiger partial charge in [0.05, 0.1) is 18.6 Å². The summed E-state index contributed by atoms with van der Waals surface area (Å²) in [6.45, 7) is 1.71. The van der Waals surface area contributed by atoms with Crippen LogP contribution in [0.2, 0.25) is 5.02 Å². The first-order chi connectivity index (χ1) is 9.84. The summed E-state index contributed by atoms with van der Waals surface area (Å²) in [6.07, 6.45) is 0.